The standard InChI is InChI=1S/C56H103NO10/c1-3-5-7-9-11-13-15-23-26-30-34-38-42-49(59)48(47-66-56-55(64)54(63)53(62)50(46-58)67-56)57-51(60)43-39-35-31-27-24-20-18-16-17-19-21-25-29-33-37-41-45-65-52(61)44-40-36-32-28-22-14-12-10-8-6-4-2/h16,18,23,26,38,42,48-50,53-56,58-59,62-64H,3-15,17,19-22,24-25,27-37,39-41,43-47H2,1-2H3,(H,57,60)/b18-16-,26-23+,42-38+. The van der Waals surface area contributed by atoms with Gasteiger partial charge in [-0.2, -0.15) is 0 Å². The molecule has 1 heterocycles. The Hall–Kier alpha value is -2.12. The molecule has 0 radical (unpaired) electrons. The summed E-state index contributed by atoms with van der Waals surface area (Å²) < 4.78 is 16.6. The number of nitrogens with one attached hydrogen (secondary N) is 1. The first kappa shape index (κ1) is 62.9. The van der Waals surface area contributed by atoms with E-state index >= 15 is 0 Å². The van der Waals surface area contributed by atoms with E-state index in [1.54, 1.807) is 6.08 Å². The zero-order valence-electron chi connectivity index (χ0n) is 42.9. The number of carbonyl (C=O) groups is 2. The number of rotatable bonds is 47. The Balaban J connectivity index is 2.16. The maximum Gasteiger partial charge on any atom is 0.305 e. The number of amides is 1. The fourth-order valence-corrected chi connectivity index (χ4v) is 8.50. The summed E-state index contributed by atoms with van der Waals surface area (Å²) in [5.41, 5.74) is 0. The summed E-state index contributed by atoms with van der Waals surface area (Å²) in [5, 5.41) is 54.2. The summed E-state index contributed by atoms with van der Waals surface area (Å²) in [6.07, 6.45) is 45.1. The van der Waals surface area contributed by atoms with Gasteiger partial charge < -0.3 is 45.1 Å². The van der Waals surface area contributed by atoms with Crippen LogP contribution < -0.4 is 5.32 Å². The first-order valence-electron chi connectivity index (χ1n) is 27.8. The zero-order chi connectivity index (χ0) is 48.8. The predicted octanol–water partition coefficient (Wildman–Crippen LogP) is 11.9. The molecule has 6 N–H and O–H groups in total. The number of allylic oxidation sites excluding steroid dienone is 5. The molecule has 0 spiro atoms. The van der Waals surface area contributed by atoms with Gasteiger partial charge in [0.15, 0.2) is 6.29 Å². The molecule has 0 aromatic heterocycles. The van der Waals surface area contributed by atoms with E-state index in [0.29, 0.717) is 19.4 Å². The number of unbranched alkanes of at least 4 members (excludes halogenated alkanes) is 29. The van der Waals surface area contributed by atoms with Crippen LogP contribution in [0.15, 0.2) is 36.5 Å². The number of carbonyl (C=O) groups excluding carboxylic acids is 2. The van der Waals surface area contributed by atoms with Crippen LogP contribution in [0.5, 0.6) is 0 Å². The Morgan fingerprint density at radius 2 is 0.970 bits per heavy atom. The topological polar surface area (TPSA) is 175 Å². The number of esters is 1. The highest BCUT2D eigenvalue weighted by Crippen LogP contribution is 2.23. The van der Waals surface area contributed by atoms with Gasteiger partial charge in [0.25, 0.3) is 0 Å². The summed E-state index contributed by atoms with van der Waals surface area (Å²) in [6.45, 7) is 4.26. The van der Waals surface area contributed by atoms with Crippen LogP contribution in [0.3, 0.4) is 0 Å². The maximum atomic E-state index is 13.0. The lowest BCUT2D eigenvalue weighted by Crippen LogP contribution is -2.60. The van der Waals surface area contributed by atoms with Crippen LogP contribution in [0.1, 0.15) is 245 Å². The molecule has 1 rings (SSSR count). The van der Waals surface area contributed by atoms with Crippen molar-refractivity contribution in [1.82, 2.24) is 5.32 Å². The Morgan fingerprint density at radius 3 is 1.48 bits per heavy atom. The first-order chi connectivity index (χ1) is 32.7. The van der Waals surface area contributed by atoms with Gasteiger partial charge >= 0.3 is 5.97 Å². The first-order valence-corrected chi connectivity index (χ1v) is 27.8. The highest BCUT2D eigenvalue weighted by Gasteiger charge is 2.44. The highest BCUT2D eigenvalue weighted by molar-refractivity contribution is 5.76. The summed E-state index contributed by atoms with van der Waals surface area (Å²) in [6, 6.07) is -0.839. The lowest BCUT2D eigenvalue weighted by atomic mass is 9.99. The number of hydrogen-bond donors (Lipinski definition) is 6. The number of aliphatic hydroxyl groups is 5. The van der Waals surface area contributed by atoms with Gasteiger partial charge in [-0.1, -0.05) is 198 Å². The van der Waals surface area contributed by atoms with Gasteiger partial charge in [-0.3, -0.25) is 9.59 Å². The van der Waals surface area contributed by atoms with E-state index in [0.717, 1.165) is 89.9 Å². The van der Waals surface area contributed by atoms with Crippen molar-refractivity contribution in [3.8, 4) is 0 Å². The largest absolute Gasteiger partial charge is 0.466 e. The van der Waals surface area contributed by atoms with E-state index in [4.69, 9.17) is 14.2 Å². The normalized spacial score (nSPS) is 19.8. The highest BCUT2D eigenvalue weighted by atomic mass is 16.7. The van der Waals surface area contributed by atoms with E-state index in [9.17, 15) is 35.1 Å². The summed E-state index contributed by atoms with van der Waals surface area (Å²) in [7, 11) is 0. The molecule has 67 heavy (non-hydrogen) atoms. The monoisotopic (exact) mass is 950 g/mol. The van der Waals surface area contributed by atoms with Crippen molar-refractivity contribution < 1.29 is 49.3 Å². The Labute approximate surface area is 409 Å². The average molecular weight is 950 g/mol. The second-order valence-electron chi connectivity index (χ2n) is 19.3. The Kier molecular flexibility index (Phi) is 43.4. The average Bonchev–Trinajstić information content (AvgIpc) is 3.32. The molecular formula is C56H103NO10. The third kappa shape index (κ3) is 36.5. The van der Waals surface area contributed by atoms with E-state index in [1.807, 2.05) is 6.08 Å². The van der Waals surface area contributed by atoms with Crippen LogP contribution in [-0.4, -0.2) is 100 Å². The van der Waals surface area contributed by atoms with Crippen molar-refractivity contribution in [1.29, 1.82) is 0 Å². The summed E-state index contributed by atoms with van der Waals surface area (Å²) >= 11 is 0. The second kappa shape index (κ2) is 46.3. The SMILES string of the molecule is CCCCCCCC/C=C/CC/C=C/C(O)C(COC1OC(CO)C(O)C(O)C1O)NC(=O)CCCCCCC/C=C\CCCCCCCCCOC(=O)CCCCCCCCCCCCC. The minimum absolute atomic E-state index is 0.0224. The predicted molar refractivity (Wildman–Crippen MR) is 274 cm³/mol. The Bertz CT molecular complexity index is 1210. The second-order valence-corrected chi connectivity index (χ2v) is 19.3. The molecule has 0 aliphatic carbocycles. The smallest absolute Gasteiger partial charge is 0.305 e. The van der Waals surface area contributed by atoms with Crippen LogP contribution >= 0.6 is 0 Å². The van der Waals surface area contributed by atoms with Gasteiger partial charge in [0, 0.05) is 12.8 Å². The van der Waals surface area contributed by atoms with Crippen molar-refractivity contribution >= 4 is 11.9 Å². The molecule has 1 aliphatic heterocycles. The molecule has 0 aromatic rings. The fourth-order valence-electron chi connectivity index (χ4n) is 8.50. The minimum Gasteiger partial charge on any atom is -0.466 e. The minimum atomic E-state index is -1.58. The van der Waals surface area contributed by atoms with Gasteiger partial charge in [-0.25, -0.2) is 0 Å². The number of ether oxygens (including phenoxy) is 3. The summed E-state index contributed by atoms with van der Waals surface area (Å²) in [5.74, 6) is -0.232. The molecule has 1 amide bonds. The molecule has 0 bridgehead atoms. The number of hydrogen-bond acceptors (Lipinski definition) is 10. The quantitative estimate of drug-likeness (QED) is 0.0196. The molecule has 1 aliphatic rings. The van der Waals surface area contributed by atoms with Gasteiger partial charge in [-0.15, -0.1) is 0 Å². The molecule has 11 heteroatoms. The molecule has 11 nitrogen and oxygen atoms in total. The van der Waals surface area contributed by atoms with Gasteiger partial charge in [0.05, 0.1) is 32.0 Å². The van der Waals surface area contributed by atoms with Crippen LogP contribution in [0.2, 0.25) is 0 Å². The molecule has 1 fully saturated rings. The van der Waals surface area contributed by atoms with Crippen LogP contribution in [0.25, 0.3) is 0 Å². The molecule has 7 atom stereocenters. The fraction of sp³-hybridized carbons (Fsp3) is 0.857. The molecule has 7 unspecified atom stereocenters. The van der Waals surface area contributed by atoms with Crippen molar-refractivity contribution in [2.45, 2.75) is 288 Å². The van der Waals surface area contributed by atoms with Gasteiger partial charge in [-0.05, 0) is 70.6 Å². The third-order valence-electron chi connectivity index (χ3n) is 13.0. The van der Waals surface area contributed by atoms with Crippen molar-refractivity contribution in [2.75, 3.05) is 19.8 Å². The van der Waals surface area contributed by atoms with Crippen LogP contribution in [0.4, 0.5) is 0 Å². The van der Waals surface area contributed by atoms with E-state index in [2.05, 4.69) is 43.5 Å². The van der Waals surface area contributed by atoms with Crippen LogP contribution in [-0.2, 0) is 23.8 Å². The third-order valence-corrected chi connectivity index (χ3v) is 13.0. The van der Waals surface area contributed by atoms with Gasteiger partial charge in [0.1, 0.15) is 24.4 Å². The molecule has 1 saturated heterocycles. The van der Waals surface area contributed by atoms with Crippen molar-refractivity contribution in [3.63, 3.8) is 0 Å². The molecular weight excluding hydrogens is 847 g/mol. The van der Waals surface area contributed by atoms with E-state index in [1.165, 1.54) is 128 Å². The molecule has 0 aromatic carbocycles. The zero-order valence-corrected chi connectivity index (χ0v) is 42.9. The maximum absolute atomic E-state index is 13.0. The van der Waals surface area contributed by atoms with E-state index in [-0.39, 0.29) is 18.5 Å². The Morgan fingerprint density at radius 1 is 0.537 bits per heavy atom. The summed E-state index contributed by atoms with van der Waals surface area (Å²) in [4.78, 5) is 25.0. The molecule has 0 saturated carbocycles. The molecule has 392 valence electrons. The van der Waals surface area contributed by atoms with Crippen molar-refractivity contribution in [3.05, 3.63) is 36.5 Å². The lowest BCUT2D eigenvalue weighted by Gasteiger charge is -2.40. The van der Waals surface area contributed by atoms with Crippen molar-refractivity contribution in [2.24, 2.45) is 0 Å². The number of aliphatic hydroxyl groups excluding tert-OH is 5. The lowest BCUT2D eigenvalue weighted by molar-refractivity contribution is -0.302. The van der Waals surface area contributed by atoms with Crippen LogP contribution in [0, 0.1) is 0 Å². The van der Waals surface area contributed by atoms with Gasteiger partial charge in [0.2, 0.25) is 5.91 Å². The van der Waals surface area contributed by atoms with E-state index < -0.39 is 49.5 Å².